The van der Waals surface area contributed by atoms with Crippen molar-refractivity contribution in [1.82, 2.24) is 10.7 Å². The first-order valence-corrected chi connectivity index (χ1v) is 8.92. The Balaban J connectivity index is 1.76. The average molecular weight is 307 g/mol. The minimum atomic E-state index is -0.634. The minimum Gasteiger partial charge on any atom is -0.345 e. The summed E-state index contributed by atoms with van der Waals surface area (Å²) in [5.41, 5.74) is 3.47. The van der Waals surface area contributed by atoms with Crippen molar-refractivity contribution < 1.29 is 9.59 Å². The first kappa shape index (κ1) is 17.0. The topological polar surface area (TPSA) is 70.6 Å². The molecule has 2 saturated carbocycles. The highest BCUT2D eigenvalue weighted by molar-refractivity contribution is 6.35. The monoisotopic (exact) mass is 307 g/mol. The molecule has 2 N–H and O–H groups in total. The number of hydrogen-bond acceptors (Lipinski definition) is 3. The SMILES string of the molecule is O=C(NN=C1CCCCCCCCCCC1)C(=O)NC1CC1. The van der Waals surface area contributed by atoms with Gasteiger partial charge in [0.15, 0.2) is 0 Å². The summed E-state index contributed by atoms with van der Waals surface area (Å²) in [6.07, 6.45) is 15.2. The van der Waals surface area contributed by atoms with Gasteiger partial charge in [-0.1, -0.05) is 44.9 Å². The molecule has 2 aliphatic rings. The van der Waals surface area contributed by atoms with Crippen molar-refractivity contribution in [3.05, 3.63) is 0 Å². The number of carbonyl (C=O) groups excluding carboxylic acids is 2. The molecule has 2 rings (SSSR count). The van der Waals surface area contributed by atoms with Gasteiger partial charge in [-0.15, -0.1) is 0 Å². The van der Waals surface area contributed by atoms with E-state index in [0.717, 1.165) is 44.2 Å². The molecule has 22 heavy (non-hydrogen) atoms. The van der Waals surface area contributed by atoms with Crippen LogP contribution >= 0.6 is 0 Å². The number of amides is 2. The molecule has 0 radical (unpaired) electrons. The number of nitrogens with zero attached hydrogens (tertiary/aromatic N) is 1. The van der Waals surface area contributed by atoms with Gasteiger partial charge < -0.3 is 5.32 Å². The quantitative estimate of drug-likeness (QED) is 0.608. The second kappa shape index (κ2) is 9.59. The smallest absolute Gasteiger partial charge is 0.329 e. The fourth-order valence-electron chi connectivity index (χ4n) is 2.79. The summed E-state index contributed by atoms with van der Waals surface area (Å²) in [4.78, 5) is 23.3. The maximum Gasteiger partial charge on any atom is 0.329 e. The van der Waals surface area contributed by atoms with Crippen molar-refractivity contribution in [1.29, 1.82) is 0 Å². The highest BCUT2D eigenvalue weighted by Crippen LogP contribution is 2.18. The zero-order valence-corrected chi connectivity index (χ0v) is 13.5. The second-order valence-electron chi connectivity index (χ2n) is 6.55. The molecular formula is C17H29N3O2. The molecule has 0 unspecified atom stereocenters. The minimum absolute atomic E-state index is 0.201. The first-order chi connectivity index (χ1) is 10.8. The summed E-state index contributed by atoms with van der Waals surface area (Å²) >= 11 is 0. The lowest BCUT2D eigenvalue weighted by atomic mass is 10.00. The van der Waals surface area contributed by atoms with E-state index in [1.54, 1.807) is 0 Å². The molecule has 0 spiro atoms. The van der Waals surface area contributed by atoms with E-state index in [1.165, 1.54) is 44.9 Å². The summed E-state index contributed by atoms with van der Waals surface area (Å²) in [5, 5.41) is 6.89. The van der Waals surface area contributed by atoms with Crippen LogP contribution in [-0.2, 0) is 9.59 Å². The van der Waals surface area contributed by atoms with E-state index < -0.39 is 11.8 Å². The fraction of sp³-hybridized carbons (Fsp3) is 0.824. The molecule has 5 nitrogen and oxygen atoms in total. The number of carbonyl (C=O) groups is 2. The van der Waals surface area contributed by atoms with E-state index in [2.05, 4.69) is 15.8 Å². The maximum atomic E-state index is 11.7. The maximum absolute atomic E-state index is 11.7. The normalized spacial score (nSPS) is 21.2. The highest BCUT2D eigenvalue weighted by Gasteiger charge is 2.26. The standard InChI is InChI=1S/C17H29N3O2/c21-16(18-14-12-13-14)17(22)20-19-15-10-8-6-4-2-1-3-5-7-9-11-15/h14H,1-13H2,(H,18,21)(H,20,22). The van der Waals surface area contributed by atoms with Gasteiger partial charge in [0, 0.05) is 11.8 Å². The predicted molar refractivity (Wildman–Crippen MR) is 87.5 cm³/mol. The van der Waals surface area contributed by atoms with Crippen LogP contribution in [0.4, 0.5) is 0 Å². The van der Waals surface area contributed by atoms with Gasteiger partial charge in [0.05, 0.1) is 0 Å². The Labute approximate surface area is 133 Å². The summed E-state index contributed by atoms with van der Waals surface area (Å²) in [6.45, 7) is 0. The molecule has 2 amide bonds. The van der Waals surface area contributed by atoms with Crippen LogP contribution in [0.15, 0.2) is 5.10 Å². The van der Waals surface area contributed by atoms with Crippen LogP contribution in [0.2, 0.25) is 0 Å². The van der Waals surface area contributed by atoms with Gasteiger partial charge in [-0.25, -0.2) is 5.43 Å². The molecule has 124 valence electrons. The molecule has 0 heterocycles. The molecule has 2 aliphatic carbocycles. The summed E-state index contributed by atoms with van der Waals surface area (Å²) in [7, 11) is 0. The number of hydrazone groups is 1. The van der Waals surface area contributed by atoms with Gasteiger partial charge in [-0.3, -0.25) is 9.59 Å². The Morgan fingerprint density at radius 3 is 1.77 bits per heavy atom. The van der Waals surface area contributed by atoms with E-state index in [1.807, 2.05) is 0 Å². The molecule has 0 aromatic carbocycles. The Morgan fingerprint density at radius 1 is 0.773 bits per heavy atom. The van der Waals surface area contributed by atoms with Crippen molar-refractivity contribution in [3.8, 4) is 0 Å². The van der Waals surface area contributed by atoms with Crippen molar-refractivity contribution in [2.24, 2.45) is 5.10 Å². The van der Waals surface area contributed by atoms with E-state index in [4.69, 9.17) is 0 Å². The molecule has 5 heteroatoms. The molecular weight excluding hydrogens is 278 g/mol. The van der Waals surface area contributed by atoms with E-state index in [0.29, 0.717) is 0 Å². The van der Waals surface area contributed by atoms with Gasteiger partial charge in [0.1, 0.15) is 0 Å². The van der Waals surface area contributed by atoms with Crippen molar-refractivity contribution in [3.63, 3.8) is 0 Å². The van der Waals surface area contributed by atoms with Crippen LogP contribution in [0.3, 0.4) is 0 Å². The number of hydrogen-bond donors (Lipinski definition) is 2. The van der Waals surface area contributed by atoms with Gasteiger partial charge >= 0.3 is 11.8 Å². The lowest BCUT2D eigenvalue weighted by molar-refractivity contribution is -0.139. The third-order valence-corrected chi connectivity index (χ3v) is 4.37. The van der Waals surface area contributed by atoms with Gasteiger partial charge in [-0.2, -0.15) is 5.10 Å². The molecule has 0 atom stereocenters. The van der Waals surface area contributed by atoms with Crippen LogP contribution in [-0.4, -0.2) is 23.6 Å². The lowest BCUT2D eigenvalue weighted by Crippen LogP contribution is -2.39. The molecule has 2 fully saturated rings. The molecule has 0 aromatic rings. The fourth-order valence-corrected chi connectivity index (χ4v) is 2.79. The van der Waals surface area contributed by atoms with Crippen molar-refractivity contribution >= 4 is 17.5 Å². The van der Waals surface area contributed by atoms with Crippen molar-refractivity contribution in [2.75, 3.05) is 0 Å². The van der Waals surface area contributed by atoms with Crippen LogP contribution in [0.1, 0.15) is 83.5 Å². The summed E-state index contributed by atoms with van der Waals surface area (Å²) in [5.74, 6) is -1.19. The zero-order valence-electron chi connectivity index (χ0n) is 13.5. The largest absolute Gasteiger partial charge is 0.345 e. The third kappa shape index (κ3) is 7.05. The predicted octanol–water partition coefficient (Wildman–Crippen LogP) is 3.04. The first-order valence-electron chi connectivity index (χ1n) is 8.92. The highest BCUT2D eigenvalue weighted by atomic mass is 16.2. The Kier molecular flexibility index (Phi) is 7.40. The Morgan fingerprint density at radius 2 is 1.27 bits per heavy atom. The van der Waals surface area contributed by atoms with Crippen LogP contribution in [0, 0.1) is 0 Å². The van der Waals surface area contributed by atoms with Crippen molar-refractivity contribution in [2.45, 2.75) is 89.5 Å². The summed E-state index contributed by atoms with van der Waals surface area (Å²) in [6, 6.07) is 0.201. The van der Waals surface area contributed by atoms with Crippen LogP contribution in [0.25, 0.3) is 0 Å². The summed E-state index contributed by atoms with van der Waals surface area (Å²) < 4.78 is 0. The molecule has 0 bridgehead atoms. The number of nitrogens with one attached hydrogen (secondary N) is 2. The van der Waals surface area contributed by atoms with E-state index in [-0.39, 0.29) is 6.04 Å². The van der Waals surface area contributed by atoms with E-state index in [9.17, 15) is 9.59 Å². The lowest BCUT2D eigenvalue weighted by Gasteiger charge is -2.09. The Bertz CT molecular complexity index is 389. The van der Waals surface area contributed by atoms with E-state index >= 15 is 0 Å². The van der Waals surface area contributed by atoms with Crippen LogP contribution < -0.4 is 10.7 Å². The third-order valence-electron chi connectivity index (χ3n) is 4.37. The van der Waals surface area contributed by atoms with Gasteiger partial charge in [0.2, 0.25) is 0 Å². The van der Waals surface area contributed by atoms with Gasteiger partial charge in [-0.05, 0) is 38.5 Å². The molecule has 0 saturated heterocycles. The number of rotatable bonds is 2. The molecule has 0 aromatic heterocycles. The molecule has 0 aliphatic heterocycles. The Hall–Kier alpha value is -1.39. The van der Waals surface area contributed by atoms with Gasteiger partial charge in [0.25, 0.3) is 0 Å². The average Bonchev–Trinajstić information content (AvgIpc) is 3.30. The second-order valence-corrected chi connectivity index (χ2v) is 6.55. The zero-order chi connectivity index (χ0) is 15.6. The van der Waals surface area contributed by atoms with Crippen LogP contribution in [0.5, 0.6) is 0 Å².